The fraction of sp³-hybridized carbons (Fsp3) is 0.872. The van der Waals surface area contributed by atoms with Crippen molar-refractivity contribution in [1.29, 1.82) is 0 Å². The molecule has 0 aliphatic carbocycles. The molecule has 0 bridgehead atoms. The molecule has 0 fully saturated rings. The third kappa shape index (κ3) is 20.5. The fourth-order valence-electron chi connectivity index (χ4n) is 9.32. The molecule has 0 rings (SSSR count). The van der Waals surface area contributed by atoms with E-state index in [0.29, 0.717) is 0 Å². The van der Waals surface area contributed by atoms with Crippen LogP contribution in [-0.4, -0.2) is 11.8 Å². The number of carbonyl (C=O) groups excluding carboxylic acids is 2. The van der Waals surface area contributed by atoms with Gasteiger partial charge in [0.2, 0.25) is 11.8 Å². The fourth-order valence-corrected chi connectivity index (χ4v) is 9.32. The van der Waals surface area contributed by atoms with Crippen molar-refractivity contribution in [1.82, 2.24) is 0 Å². The third-order valence-corrected chi connectivity index (χ3v) is 12.7. The van der Waals surface area contributed by atoms with Crippen molar-refractivity contribution in [2.45, 2.75) is 241 Å². The van der Waals surface area contributed by atoms with Crippen molar-refractivity contribution < 1.29 is 9.59 Å². The lowest BCUT2D eigenvalue weighted by atomic mass is 9.50. The van der Waals surface area contributed by atoms with E-state index in [1.165, 1.54) is 116 Å². The first-order chi connectivity index (χ1) is 24.8. The van der Waals surface area contributed by atoms with Crippen molar-refractivity contribution in [3.05, 3.63) is 24.3 Å². The number of carbonyl (C=O) groups is 2. The van der Waals surface area contributed by atoms with Crippen LogP contribution in [-0.2, 0) is 9.59 Å². The Labute approximate surface area is 319 Å². The summed E-state index contributed by atoms with van der Waals surface area (Å²) in [4.78, 5) is 26.4. The van der Waals surface area contributed by atoms with Gasteiger partial charge in [-0.3, -0.25) is 9.59 Å². The van der Waals surface area contributed by atoms with Gasteiger partial charge in [-0.2, -0.15) is 0 Å². The predicted octanol–water partition coefficient (Wildman–Crippen LogP) is 14.5. The Morgan fingerprint density at radius 2 is 0.902 bits per heavy atom. The van der Waals surface area contributed by atoms with E-state index in [4.69, 9.17) is 11.5 Å². The van der Waals surface area contributed by atoms with E-state index in [1.54, 1.807) is 0 Å². The molecule has 0 aliphatic rings. The monoisotopic (exact) mass is 715 g/mol. The molecule has 4 nitrogen and oxygen atoms in total. The van der Waals surface area contributed by atoms with Gasteiger partial charge >= 0.3 is 0 Å². The van der Waals surface area contributed by atoms with Crippen LogP contribution in [0.25, 0.3) is 0 Å². The summed E-state index contributed by atoms with van der Waals surface area (Å²) in [6.45, 7) is 13.5. The topological polar surface area (TPSA) is 86.2 Å². The first-order valence-electron chi connectivity index (χ1n) is 22.7. The molecule has 4 N–H and O–H groups in total. The summed E-state index contributed by atoms with van der Waals surface area (Å²) in [5.74, 6) is -0.206. The summed E-state index contributed by atoms with van der Waals surface area (Å²) >= 11 is 0. The molecule has 0 saturated heterocycles. The Hall–Kier alpha value is -1.58. The molecule has 0 radical (unpaired) electrons. The Bertz CT molecular complexity index is 875. The molecule has 0 heterocycles. The number of hydrogen-bond acceptors (Lipinski definition) is 2. The zero-order valence-electron chi connectivity index (χ0n) is 35.4. The summed E-state index contributed by atoms with van der Waals surface area (Å²) in [5.41, 5.74) is 11.7. The van der Waals surface area contributed by atoms with Crippen LogP contribution >= 0.6 is 0 Å². The molecule has 51 heavy (non-hydrogen) atoms. The maximum Gasteiger partial charge on any atom is 0.224 e. The van der Waals surface area contributed by atoms with Gasteiger partial charge in [-0.1, -0.05) is 175 Å². The summed E-state index contributed by atoms with van der Waals surface area (Å²) in [7, 11) is 0. The quantitative estimate of drug-likeness (QED) is 0.0493. The normalized spacial score (nSPS) is 14.7. The van der Waals surface area contributed by atoms with E-state index >= 15 is 0 Å². The highest BCUT2D eigenvalue weighted by Crippen LogP contribution is 2.57. The first-order valence-corrected chi connectivity index (χ1v) is 22.7. The highest BCUT2D eigenvalue weighted by molar-refractivity contribution is 5.82. The van der Waals surface area contributed by atoms with Gasteiger partial charge in [-0.25, -0.2) is 0 Å². The van der Waals surface area contributed by atoms with Crippen molar-refractivity contribution in [3.63, 3.8) is 0 Å². The molecule has 0 saturated carbocycles. The number of unbranched alkanes of at least 4 members (excludes halogenated alkanes) is 20. The van der Waals surface area contributed by atoms with Gasteiger partial charge in [0, 0.05) is 5.92 Å². The van der Waals surface area contributed by atoms with Gasteiger partial charge < -0.3 is 11.5 Å². The zero-order valence-corrected chi connectivity index (χ0v) is 35.4. The summed E-state index contributed by atoms with van der Waals surface area (Å²) in [6.07, 6.45) is 45.7. The van der Waals surface area contributed by atoms with Gasteiger partial charge in [0.15, 0.2) is 0 Å². The number of hydrogen-bond donors (Lipinski definition) is 2. The Kier molecular flexibility index (Phi) is 32.0. The summed E-state index contributed by atoms with van der Waals surface area (Å²) in [6, 6.07) is 0. The minimum absolute atomic E-state index is 0.138. The van der Waals surface area contributed by atoms with Gasteiger partial charge in [0.1, 0.15) is 0 Å². The lowest BCUT2D eigenvalue weighted by molar-refractivity contribution is -0.145. The molecule has 3 unspecified atom stereocenters. The van der Waals surface area contributed by atoms with Crippen molar-refractivity contribution in [2.24, 2.45) is 34.1 Å². The van der Waals surface area contributed by atoms with Crippen LogP contribution in [0.15, 0.2) is 24.3 Å². The average molecular weight is 715 g/mol. The van der Waals surface area contributed by atoms with Crippen LogP contribution in [0.1, 0.15) is 241 Å². The van der Waals surface area contributed by atoms with Gasteiger partial charge in [-0.15, -0.1) is 0 Å². The Balaban J connectivity index is 4.98. The van der Waals surface area contributed by atoms with Crippen LogP contribution in [0.4, 0.5) is 0 Å². The molecular weight excluding hydrogens is 625 g/mol. The lowest BCUT2D eigenvalue weighted by Gasteiger charge is -2.53. The Morgan fingerprint density at radius 1 is 0.510 bits per heavy atom. The number of primary amides is 2. The van der Waals surface area contributed by atoms with Crippen LogP contribution in [0.3, 0.4) is 0 Å². The van der Waals surface area contributed by atoms with E-state index in [-0.39, 0.29) is 29.1 Å². The molecule has 0 aromatic heterocycles. The van der Waals surface area contributed by atoms with Crippen LogP contribution in [0, 0.1) is 22.7 Å². The smallest absolute Gasteiger partial charge is 0.224 e. The Morgan fingerprint density at radius 3 is 1.25 bits per heavy atom. The number of amides is 2. The minimum Gasteiger partial charge on any atom is -0.369 e. The molecule has 4 heteroatoms. The standard InChI is InChI=1S/C47H90N2O2/c1-7-13-15-17-19-21-23-25-27-29-31-33-35-37-39-42(44(48)50)41-43(9-3)46(10-4,11-5)47(12-6,45(49)51)40-38-36-34-32-30-28-26-24-22-20-18-16-14-8-2/h25-28,42-43H,7-24,29-41H2,1-6H3,(H2,48,50)(H2,49,51). The predicted molar refractivity (Wildman–Crippen MR) is 226 cm³/mol. The second kappa shape index (κ2) is 33.0. The largest absolute Gasteiger partial charge is 0.369 e. The van der Waals surface area contributed by atoms with Crippen molar-refractivity contribution in [3.8, 4) is 0 Å². The number of nitrogens with two attached hydrogens (primary N) is 2. The van der Waals surface area contributed by atoms with Crippen LogP contribution in [0.5, 0.6) is 0 Å². The minimum atomic E-state index is -0.557. The second-order valence-corrected chi connectivity index (χ2v) is 16.1. The molecule has 300 valence electrons. The highest BCUT2D eigenvalue weighted by Gasteiger charge is 2.55. The summed E-state index contributed by atoms with van der Waals surface area (Å²) < 4.78 is 0. The molecule has 2 amide bonds. The van der Waals surface area contributed by atoms with Crippen molar-refractivity contribution in [2.75, 3.05) is 0 Å². The second-order valence-electron chi connectivity index (χ2n) is 16.1. The maximum atomic E-state index is 13.6. The molecule has 0 aromatic carbocycles. The number of rotatable bonds is 38. The third-order valence-electron chi connectivity index (χ3n) is 12.7. The number of allylic oxidation sites excluding steroid dienone is 4. The molecule has 0 aromatic rings. The molecule has 0 spiro atoms. The summed E-state index contributed by atoms with van der Waals surface area (Å²) in [5, 5.41) is 0. The van der Waals surface area contributed by atoms with Crippen LogP contribution in [0.2, 0.25) is 0 Å². The SMILES string of the molecule is CCCCCCCCC=CCCCCCCC(CC(CC)C(CC)(CC)C(CC)(CCCCCCC=CCCCCCCCC)C(N)=O)C(N)=O. The first kappa shape index (κ1) is 49.4. The van der Waals surface area contributed by atoms with E-state index < -0.39 is 5.41 Å². The average Bonchev–Trinajstić information content (AvgIpc) is 3.13. The zero-order chi connectivity index (χ0) is 38.1. The van der Waals surface area contributed by atoms with Crippen molar-refractivity contribution >= 4 is 11.8 Å². The highest BCUT2D eigenvalue weighted by atomic mass is 16.1. The van der Waals surface area contributed by atoms with E-state index in [0.717, 1.165) is 83.5 Å². The maximum absolute atomic E-state index is 13.6. The molecular formula is C47H90N2O2. The van der Waals surface area contributed by atoms with E-state index in [2.05, 4.69) is 65.8 Å². The van der Waals surface area contributed by atoms with E-state index in [1.807, 2.05) is 0 Å². The van der Waals surface area contributed by atoms with Gasteiger partial charge in [0.05, 0.1) is 5.41 Å². The van der Waals surface area contributed by atoms with E-state index in [9.17, 15) is 9.59 Å². The molecule has 3 atom stereocenters. The lowest BCUT2D eigenvalue weighted by Crippen LogP contribution is -2.54. The molecule has 0 aliphatic heterocycles. The van der Waals surface area contributed by atoms with Crippen LogP contribution < -0.4 is 11.5 Å². The van der Waals surface area contributed by atoms with Gasteiger partial charge in [-0.05, 0) is 101 Å². The van der Waals surface area contributed by atoms with Gasteiger partial charge in [0.25, 0.3) is 0 Å².